The first-order chi connectivity index (χ1) is 65.3. The SMILES string of the molecule is COc1cc(C)[nH]c(=O)c1CNC(=O)c1c(C)n(C(C)c2cccc(C#N)c2)c2ncccc12.COc1cc(C)[nH]c(=O)c1CNC(=O)c1c(C)n(C(C)c2cccc(C(N)=O)c2)c2ncccc12.Cc1cc(C)c(CNC(=O)c2c(C)n(C(C)CN3CCOCC3)c3ncccc23)c(=O)[nH]1.Cc1cc(C)c(CNC(=O)c2c(C)n(C(C)Cn3cnc4ccccc43)c3ncccc23)c(=O)[nH]1. The molecule has 33 heteroatoms. The number of morpholine rings is 1. The Bertz CT molecular complexity index is 7570. The van der Waals surface area contributed by atoms with Crippen LogP contribution in [0, 0.1) is 80.6 Å². The highest BCUT2D eigenvalue weighted by Crippen LogP contribution is 2.36. The Morgan fingerprint density at radius 1 is 0.441 bits per heavy atom. The molecule has 13 aromatic heterocycles. The fourth-order valence-corrected chi connectivity index (χ4v) is 18.4. The molecule has 0 radical (unpaired) electrons. The lowest BCUT2D eigenvalue weighted by Crippen LogP contribution is -2.39. The second-order valence-corrected chi connectivity index (χ2v) is 34.2. The number of H-pyrrole nitrogens is 4. The number of methoxy groups -OCH3 is 2. The highest BCUT2D eigenvalue weighted by atomic mass is 16.5. The van der Waals surface area contributed by atoms with Gasteiger partial charge in [0, 0.05) is 154 Å². The lowest BCUT2D eigenvalue weighted by molar-refractivity contribution is 0.0327. The van der Waals surface area contributed by atoms with Crippen LogP contribution in [0.1, 0.15) is 199 Å². The molecule has 33 nitrogen and oxygen atoms in total. The van der Waals surface area contributed by atoms with E-state index in [9.17, 15) is 48.4 Å². The van der Waals surface area contributed by atoms with Crippen molar-refractivity contribution < 1.29 is 38.2 Å². The number of aryl methyl sites for hydroxylation is 6. The zero-order valence-electron chi connectivity index (χ0n) is 79.0. The third kappa shape index (κ3) is 20.3. The zero-order chi connectivity index (χ0) is 97.2. The van der Waals surface area contributed by atoms with Gasteiger partial charge in [-0.1, -0.05) is 36.4 Å². The number of nitrogens with one attached hydrogen (secondary N) is 8. The standard InChI is InChI=1S/C27H28N6O2.C26H27N5O4.C26H25N5O3.C24H31N5O3/c1-16-12-17(2)31-26(34)21(16)13-29-27(35)24-19(4)33(25-20(24)8-7-11-28-25)18(3)14-32-15-30-22-9-5-6-10-23(22)32;1-14-11-21(35-4)20(25(33)30-14)13-29-26(34)22-16(3)31(24-19(22)9-6-10-28-24)15(2)17-7-5-8-18(12-17)23(27)32;1-15-11-22(34-4)21(25(32)30-15)14-29-26(33)23-17(3)31(24-20(23)9-6-10-28-24)16(2)19-8-5-7-18(12-19)13-27;1-15-12-16(2)27-23(30)20(15)13-26-24(31)21-18(4)29(22-19(21)6-5-7-25-22)17(3)14-28-8-10-32-11-9-28/h5-12,15,18H,13-14H2,1-4H3,(H,29,35)(H,31,34);5-12,15H,13H2,1-4H3,(H2,27,32)(H,29,34)(H,30,33);5-12,16H,14H2,1-4H3,(H,29,33)(H,30,32);5-7,12,17H,8-11,13-14H2,1-4H3,(H,26,31)(H,27,30). The molecular weight excluding hydrogens is 1720 g/mol. The lowest BCUT2D eigenvalue weighted by atomic mass is 10.0. The summed E-state index contributed by atoms with van der Waals surface area (Å²) >= 11 is 0. The molecule has 1 aliphatic heterocycles. The number of benzene rings is 3. The van der Waals surface area contributed by atoms with Gasteiger partial charge >= 0.3 is 0 Å². The first kappa shape index (κ1) is 96.1. The quantitative estimate of drug-likeness (QED) is 0.0257. The first-order valence-electron chi connectivity index (χ1n) is 44.8. The zero-order valence-corrected chi connectivity index (χ0v) is 79.0. The van der Waals surface area contributed by atoms with Gasteiger partial charge in [-0.2, -0.15) is 5.26 Å². The van der Waals surface area contributed by atoms with Gasteiger partial charge in [-0.25, -0.2) is 24.9 Å². The van der Waals surface area contributed by atoms with Gasteiger partial charge in [-0.15, -0.1) is 0 Å². The molecule has 10 N–H and O–H groups in total. The van der Waals surface area contributed by atoms with E-state index in [1.807, 2.05) is 176 Å². The molecule has 3 aromatic carbocycles. The van der Waals surface area contributed by atoms with Crippen LogP contribution < -0.4 is 58.7 Å². The van der Waals surface area contributed by atoms with Gasteiger partial charge in [0.25, 0.3) is 45.9 Å². The van der Waals surface area contributed by atoms with Crippen molar-refractivity contribution in [3.8, 4) is 17.6 Å². The average Bonchev–Trinajstić information content (AvgIpc) is 1.62. The molecule has 136 heavy (non-hydrogen) atoms. The van der Waals surface area contributed by atoms with Crippen molar-refractivity contribution in [3.05, 3.63) is 342 Å². The predicted octanol–water partition coefficient (Wildman–Crippen LogP) is 13.4. The van der Waals surface area contributed by atoms with Crippen molar-refractivity contribution in [1.29, 1.82) is 5.26 Å². The van der Waals surface area contributed by atoms with E-state index in [-0.39, 0.29) is 96.2 Å². The van der Waals surface area contributed by atoms with Gasteiger partial charge in [-0.05, 0) is 228 Å². The molecule has 0 aliphatic carbocycles. The van der Waals surface area contributed by atoms with Crippen LogP contribution in [0.2, 0.25) is 0 Å². The number of rotatable bonds is 25. The summed E-state index contributed by atoms with van der Waals surface area (Å²) in [7, 11) is 2.98. The molecule has 4 atom stereocenters. The van der Waals surface area contributed by atoms with Gasteiger partial charge in [0.2, 0.25) is 5.91 Å². The number of aromatic nitrogens is 14. The summed E-state index contributed by atoms with van der Waals surface area (Å²) in [6.07, 6.45) is 8.72. The number of nitrogens with zero attached hydrogens (tertiary/aromatic N) is 12. The number of amides is 5. The molecule has 0 saturated carbocycles. The fraction of sp³-hybridized carbons (Fsp3) is 0.291. The summed E-state index contributed by atoms with van der Waals surface area (Å²) < 4.78 is 26.5. The normalized spacial score (nSPS) is 12.9. The average molecular weight is 1840 g/mol. The summed E-state index contributed by atoms with van der Waals surface area (Å²) in [6.45, 7) is 32.1. The number of carbonyl (C=O) groups excluding carboxylic acids is 5. The molecule has 700 valence electrons. The van der Waals surface area contributed by atoms with Crippen LogP contribution >= 0.6 is 0 Å². The summed E-state index contributed by atoms with van der Waals surface area (Å²) in [5.74, 6) is -0.735. The molecule has 17 rings (SSSR count). The van der Waals surface area contributed by atoms with Crippen LogP contribution in [0.4, 0.5) is 0 Å². The molecule has 1 fully saturated rings. The molecule has 0 spiro atoms. The third-order valence-corrected chi connectivity index (χ3v) is 24.9. The number of para-hydroxylation sites is 2. The molecule has 1 aliphatic rings. The Balaban J connectivity index is 0.000000145. The number of fused-ring (bicyclic) bond motifs is 5. The van der Waals surface area contributed by atoms with Crippen molar-refractivity contribution in [2.24, 2.45) is 5.73 Å². The Morgan fingerprint density at radius 3 is 1.21 bits per heavy atom. The van der Waals surface area contributed by atoms with Crippen molar-refractivity contribution in [2.45, 2.75) is 154 Å². The summed E-state index contributed by atoms with van der Waals surface area (Å²) in [5.41, 5.74) is 24.0. The number of aromatic amines is 4. The minimum Gasteiger partial charge on any atom is -0.496 e. The van der Waals surface area contributed by atoms with Crippen molar-refractivity contribution in [3.63, 3.8) is 0 Å². The number of imidazole rings is 1. The van der Waals surface area contributed by atoms with E-state index in [1.165, 1.54) is 14.2 Å². The topological polar surface area (TPSA) is 435 Å². The van der Waals surface area contributed by atoms with Gasteiger partial charge in [0.05, 0.1) is 121 Å². The first-order valence-corrected chi connectivity index (χ1v) is 44.8. The molecular formula is C103H111N21O12. The number of primary amides is 1. The predicted molar refractivity (Wildman–Crippen MR) is 522 cm³/mol. The van der Waals surface area contributed by atoms with Gasteiger partial charge in [0.1, 0.15) is 34.1 Å². The summed E-state index contributed by atoms with van der Waals surface area (Å²) in [6, 6.07) is 46.6. The van der Waals surface area contributed by atoms with Gasteiger partial charge < -0.3 is 84.0 Å². The number of pyridine rings is 8. The Kier molecular flexibility index (Phi) is 29.6. The highest BCUT2D eigenvalue weighted by molar-refractivity contribution is 6.10. The largest absolute Gasteiger partial charge is 0.496 e. The van der Waals surface area contributed by atoms with E-state index in [1.54, 1.807) is 87.2 Å². The van der Waals surface area contributed by atoms with Crippen LogP contribution in [-0.2, 0) is 37.5 Å². The van der Waals surface area contributed by atoms with E-state index in [0.717, 1.165) is 117 Å². The van der Waals surface area contributed by atoms with Crippen LogP contribution in [0.3, 0.4) is 0 Å². The number of nitrogens with two attached hydrogens (primary N) is 1. The summed E-state index contributed by atoms with van der Waals surface area (Å²) in [5, 5.41) is 23.9. The van der Waals surface area contributed by atoms with E-state index in [4.69, 9.17) is 19.9 Å². The Morgan fingerprint density at radius 2 is 0.809 bits per heavy atom. The number of hydrogen-bond donors (Lipinski definition) is 9. The van der Waals surface area contributed by atoms with Gasteiger partial charge in [-0.3, -0.25) is 48.1 Å². The van der Waals surface area contributed by atoms with Crippen molar-refractivity contribution in [2.75, 3.05) is 47.1 Å². The fourth-order valence-electron chi connectivity index (χ4n) is 18.4. The van der Waals surface area contributed by atoms with E-state index in [2.05, 4.69) is 111 Å². The van der Waals surface area contributed by atoms with Crippen LogP contribution in [-0.4, -0.2) is 149 Å². The minimum absolute atomic E-state index is 0.000204. The maximum Gasteiger partial charge on any atom is 0.256 e. The molecule has 5 amide bonds. The number of ether oxygens (including phenoxy) is 3. The molecule has 16 aromatic rings. The molecule has 1 saturated heterocycles. The molecule has 4 unspecified atom stereocenters. The second-order valence-electron chi connectivity index (χ2n) is 34.2. The van der Waals surface area contributed by atoms with E-state index >= 15 is 0 Å². The Labute approximate surface area is 783 Å². The molecule has 0 bridgehead atoms. The minimum atomic E-state index is -0.507. The van der Waals surface area contributed by atoms with E-state index in [0.29, 0.717) is 113 Å². The second kappa shape index (κ2) is 41.9. The summed E-state index contributed by atoms with van der Waals surface area (Å²) in [4.78, 5) is 151. The number of nitriles is 1. The number of hydrogen-bond acceptors (Lipinski definition) is 19. The lowest BCUT2D eigenvalue weighted by Gasteiger charge is -2.30. The van der Waals surface area contributed by atoms with Crippen molar-refractivity contribution >= 4 is 84.7 Å². The van der Waals surface area contributed by atoms with Crippen molar-refractivity contribution in [1.82, 2.24) is 93.9 Å². The molecule has 14 heterocycles. The number of carbonyl (C=O) groups is 5. The van der Waals surface area contributed by atoms with Crippen LogP contribution in [0.5, 0.6) is 11.5 Å². The van der Waals surface area contributed by atoms with Crippen LogP contribution in [0.15, 0.2) is 196 Å². The monoisotopic (exact) mass is 1830 g/mol. The maximum absolute atomic E-state index is 13.4. The third-order valence-electron chi connectivity index (χ3n) is 24.9. The van der Waals surface area contributed by atoms with E-state index < -0.39 is 5.91 Å². The maximum atomic E-state index is 13.4. The Hall–Kier alpha value is -16.0. The van der Waals surface area contributed by atoms with Gasteiger partial charge in [0.15, 0.2) is 0 Å². The smallest absolute Gasteiger partial charge is 0.256 e. The van der Waals surface area contributed by atoms with Crippen LogP contribution in [0.25, 0.3) is 55.2 Å². The highest BCUT2D eigenvalue weighted by Gasteiger charge is 2.31.